The van der Waals surface area contributed by atoms with Gasteiger partial charge in [0.05, 0.1) is 24.4 Å². The zero-order chi connectivity index (χ0) is 25.3. The molecule has 0 bridgehead atoms. The average molecular weight is 473 g/mol. The summed E-state index contributed by atoms with van der Waals surface area (Å²) in [6.07, 6.45) is 4.98. The van der Waals surface area contributed by atoms with E-state index in [2.05, 4.69) is 52.0 Å². The van der Waals surface area contributed by atoms with Crippen molar-refractivity contribution in [3.63, 3.8) is 0 Å². The standard InChI is InChI=1S/2C13H18O2.2C2H6/c2*1-3-12-9-10(2)14-13(15-12)11-7-5-4-6-8-11;2*1-2/h2*4-8,10,12-13H,3,9H2,1-2H3;2*1-2H3. The van der Waals surface area contributed by atoms with Crippen LogP contribution in [0.2, 0.25) is 0 Å². The van der Waals surface area contributed by atoms with E-state index in [0.717, 1.165) is 36.8 Å². The van der Waals surface area contributed by atoms with Crippen LogP contribution in [0.1, 0.15) is 105 Å². The van der Waals surface area contributed by atoms with Gasteiger partial charge in [0.1, 0.15) is 0 Å². The highest BCUT2D eigenvalue weighted by atomic mass is 16.7. The Morgan fingerprint density at radius 3 is 1.18 bits per heavy atom. The highest BCUT2D eigenvalue weighted by molar-refractivity contribution is 5.17. The molecule has 2 saturated heterocycles. The van der Waals surface area contributed by atoms with Gasteiger partial charge in [-0.1, -0.05) is 102 Å². The fraction of sp³-hybridized carbons (Fsp3) is 0.600. The Labute approximate surface area is 209 Å². The third-order valence-electron chi connectivity index (χ3n) is 5.59. The normalized spacial score (nSPS) is 28.1. The molecule has 0 aliphatic carbocycles. The predicted molar refractivity (Wildman–Crippen MR) is 142 cm³/mol. The van der Waals surface area contributed by atoms with E-state index >= 15 is 0 Å². The van der Waals surface area contributed by atoms with Crippen LogP contribution in [0.3, 0.4) is 0 Å². The third kappa shape index (κ3) is 10.3. The monoisotopic (exact) mass is 472 g/mol. The highest BCUT2D eigenvalue weighted by Crippen LogP contribution is 2.31. The molecule has 4 heteroatoms. The van der Waals surface area contributed by atoms with Crippen LogP contribution in [0.5, 0.6) is 0 Å². The number of rotatable bonds is 4. The van der Waals surface area contributed by atoms with E-state index in [4.69, 9.17) is 18.9 Å². The van der Waals surface area contributed by atoms with Crippen LogP contribution >= 0.6 is 0 Å². The summed E-state index contributed by atoms with van der Waals surface area (Å²) in [5.41, 5.74) is 2.23. The van der Waals surface area contributed by atoms with Gasteiger partial charge in [-0.2, -0.15) is 0 Å². The molecular formula is C30H48O4. The van der Waals surface area contributed by atoms with Gasteiger partial charge in [0.25, 0.3) is 0 Å². The predicted octanol–water partition coefficient (Wildman–Crippen LogP) is 8.63. The molecule has 2 heterocycles. The van der Waals surface area contributed by atoms with E-state index < -0.39 is 0 Å². The first-order chi connectivity index (χ1) is 16.6. The molecule has 0 spiro atoms. The summed E-state index contributed by atoms with van der Waals surface area (Å²) < 4.78 is 23.3. The van der Waals surface area contributed by atoms with Crippen LogP contribution < -0.4 is 0 Å². The van der Waals surface area contributed by atoms with E-state index in [9.17, 15) is 0 Å². The lowest BCUT2D eigenvalue weighted by Crippen LogP contribution is -2.31. The maximum absolute atomic E-state index is 5.87. The molecule has 0 aromatic heterocycles. The lowest BCUT2D eigenvalue weighted by molar-refractivity contribution is -0.244. The molecule has 4 rings (SSSR count). The van der Waals surface area contributed by atoms with Gasteiger partial charge in [0.2, 0.25) is 0 Å². The summed E-state index contributed by atoms with van der Waals surface area (Å²) in [5, 5.41) is 0. The molecule has 2 aliphatic heterocycles. The van der Waals surface area contributed by atoms with Crippen molar-refractivity contribution >= 4 is 0 Å². The van der Waals surface area contributed by atoms with Gasteiger partial charge < -0.3 is 18.9 Å². The SMILES string of the molecule is CC.CC.CCC1CC(C)OC(c2ccccc2)O1.CCC1CC(C)OC(c2ccccc2)O1. The molecule has 2 aromatic rings. The smallest absolute Gasteiger partial charge is 0.184 e. The highest BCUT2D eigenvalue weighted by Gasteiger charge is 2.28. The average Bonchev–Trinajstić information content (AvgIpc) is 2.91. The molecule has 34 heavy (non-hydrogen) atoms. The molecule has 192 valence electrons. The van der Waals surface area contributed by atoms with Gasteiger partial charge in [0, 0.05) is 11.1 Å². The second kappa shape index (κ2) is 17.7. The summed E-state index contributed by atoms with van der Waals surface area (Å²) in [5.74, 6) is 0. The number of ether oxygens (including phenoxy) is 4. The fourth-order valence-electron chi connectivity index (χ4n) is 3.86. The van der Waals surface area contributed by atoms with Crippen molar-refractivity contribution in [2.45, 2.75) is 118 Å². The molecule has 0 N–H and O–H groups in total. The minimum absolute atomic E-state index is 0.181. The van der Waals surface area contributed by atoms with Crippen molar-refractivity contribution in [1.29, 1.82) is 0 Å². The summed E-state index contributed by atoms with van der Waals surface area (Å²) in [7, 11) is 0. The van der Waals surface area contributed by atoms with Crippen molar-refractivity contribution in [3.05, 3.63) is 71.8 Å². The van der Waals surface area contributed by atoms with Crippen molar-refractivity contribution < 1.29 is 18.9 Å². The van der Waals surface area contributed by atoms with Crippen molar-refractivity contribution in [3.8, 4) is 0 Å². The molecule has 6 atom stereocenters. The van der Waals surface area contributed by atoms with Gasteiger partial charge in [-0.05, 0) is 39.5 Å². The van der Waals surface area contributed by atoms with Crippen molar-refractivity contribution in [2.24, 2.45) is 0 Å². The minimum Gasteiger partial charge on any atom is -0.345 e. The van der Waals surface area contributed by atoms with E-state index in [0.29, 0.717) is 12.2 Å². The number of hydrogen-bond acceptors (Lipinski definition) is 4. The Morgan fingerprint density at radius 1 is 0.559 bits per heavy atom. The second-order valence-electron chi connectivity index (χ2n) is 8.18. The lowest BCUT2D eigenvalue weighted by Gasteiger charge is -2.34. The zero-order valence-corrected chi connectivity index (χ0v) is 22.7. The Balaban J connectivity index is 0.000000297. The van der Waals surface area contributed by atoms with Crippen molar-refractivity contribution in [2.75, 3.05) is 0 Å². The van der Waals surface area contributed by atoms with Crippen LogP contribution in [-0.2, 0) is 18.9 Å². The first kappa shape index (κ1) is 30.3. The van der Waals surface area contributed by atoms with E-state index in [1.165, 1.54) is 0 Å². The summed E-state index contributed by atoms with van der Waals surface area (Å²) in [4.78, 5) is 0. The fourth-order valence-corrected chi connectivity index (χ4v) is 3.86. The Kier molecular flexibility index (Phi) is 15.8. The second-order valence-corrected chi connectivity index (χ2v) is 8.18. The Hall–Kier alpha value is -1.72. The zero-order valence-electron chi connectivity index (χ0n) is 22.7. The molecule has 2 fully saturated rings. The van der Waals surface area contributed by atoms with Crippen molar-refractivity contribution in [1.82, 2.24) is 0 Å². The Bertz CT molecular complexity index is 658. The quantitative estimate of drug-likeness (QED) is 0.446. The summed E-state index contributed by atoms with van der Waals surface area (Å²) in [6.45, 7) is 16.5. The molecule has 2 aromatic carbocycles. The van der Waals surface area contributed by atoms with Crippen LogP contribution in [-0.4, -0.2) is 24.4 Å². The first-order valence-corrected chi connectivity index (χ1v) is 13.3. The molecule has 2 aliphatic rings. The minimum atomic E-state index is -0.181. The molecule has 4 nitrogen and oxygen atoms in total. The first-order valence-electron chi connectivity index (χ1n) is 13.3. The van der Waals surface area contributed by atoms with Crippen LogP contribution in [0, 0.1) is 0 Å². The Morgan fingerprint density at radius 2 is 0.882 bits per heavy atom. The topological polar surface area (TPSA) is 36.9 Å². The van der Waals surface area contributed by atoms with Crippen LogP contribution in [0.4, 0.5) is 0 Å². The van der Waals surface area contributed by atoms with Gasteiger partial charge >= 0.3 is 0 Å². The molecule has 0 radical (unpaired) electrons. The molecule has 0 amide bonds. The van der Waals surface area contributed by atoms with Crippen LogP contribution in [0.25, 0.3) is 0 Å². The van der Waals surface area contributed by atoms with Crippen LogP contribution in [0.15, 0.2) is 60.7 Å². The largest absolute Gasteiger partial charge is 0.345 e. The van der Waals surface area contributed by atoms with E-state index in [-0.39, 0.29) is 24.8 Å². The summed E-state index contributed by atoms with van der Waals surface area (Å²) in [6, 6.07) is 20.3. The lowest BCUT2D eigenvalue weighted by atomic mass is 10.1. The maximum atomic E-state index is 5.87. The number of benzene rings is 2. The van der Waals surface area contributed by atoms with E-state index in [1.807, 2.05) is 64.1 Å². The molecule has 0 saturated carbocycles. The maximum Gasteiger partial charge on any atom is 0.184 e. The summed E-state index contributed by atoms with van der Waals surface area (Å²) >= 11 is 0. The third-order valence-corrected chi connectivity index (χ3v) is 5.59. The number of hydrogen-bond donors (Lipinski definition) is 0. The molecular weight excluding hydrogens is 424 g/mol. The van der Waals surface area contributed by atoms with Gasteiger partial charge in [-0.15, -0.1) is 0 Å². The van der Waals surface area contributed by atoms with Gasteiger partial charge in [-0.25, -0.2) is 0 Å². The van der Waals surface area contributed by atoms with Gasteiger partial charge in [-0.3, -0.25) is 0 Å². The van der Waals surface area contributed by atoms with E-state index in [1.54, 1.807) is 0 Å². The molecule has 6 unspecified atom stereocenters. The van der Waals surface area contributed by atoms with Gasteiger partial charge in [0.15, 0.2) is 12.6 Å².